The average Bonchev–Trinajstić information content (AvgIpc) is 2.19. The lowest BCUT2D eigenvalue weighted by Gasteiger charge is -2.27. The number of hydrogen-bond donors (Lipinski definition) is 1. The van der Waals surface area contributed by atoms with Crippen LogP contribution in [0.1, 0.15) is 26.3 Å². The van der Waals surface area contributed by atoms with Gasteiger partial charge in [-0.1, -0.05) is 44.2 Å². The highest BCUT2D eigenvalue weighted by Gasteiger charge is 2.24. The van der Waals surface area contributed by atoms with Gasteiger partial charge in [-0.15, -0.1) is 0 Å². The number of aliphatic hydroxyl groups is 1. The van der Waals surface area contributed by atoms with Crippen molar-refractivity contribution in [3.8, 4) is 0 Å². The van der Waals surface area contributed by atoms with Crippen LogP contribution in [0.2, 0.25) is 0 Å². The Labute approximate surface area is 96.9 Å². The highest BCUT2D eigenvalue weighted by Crippen LogP contribution is 2.23. The summed E-state index contributed by atoms with van der Waals surface area (Å²) in [6, 6.07) is 10.4. The van der Waals surface area contributed by atoms with Gasteiger partial charge in [0, 0.05) is 11.5 Å². The Balaban J connectivity index is 2.34. The second-order valence-corrected chi connectivity index (χ2v) is 5.48. The molecular weight excluding hydrogens is 204 g/mol. The molecule has 0 amide bonds. The largest absolute Gasteiger partial charge is 0.389 e. The highest BCUT2D eigenvalue weighted by molar-refractivity contribution is 7.98. The van der Waals surface area contributed by atoms with E-state index in [-0.39, 0.29) is 0 Å². The lowest BCUT2D eigenvalue weighted by atomic mass is 9.95. The van der Waals surface area contributed by atoms with E-state index >= 15 is 0 Å². The van der Waals surface area contributed by atoms with E-state index in [1.54, 1.807) is 11.8 Å². The van der Waals surface area contributed by atoms with E-state index in [0.29, 0.717) is 5.92 Å². The molecule has 84 valence electrons. The van der Waals surface area contributed by atoms with Gasteiger partial charge in [-0.25, -0.2) is 0 Å². The van der Waals surface area contributed by atoms with E-state index in [4.69, 9.17) is 0 Å². The molecule has 0 heterocycles. The molecule has 1 unspecified atom stereocenters. The maximum Gasteiger partial charge on any atom is 0.0732 e. The van der Waals surface area contributed by atoms with E-state index < -0.39 is 5.60 Å². The summed E-state index contributed by atoms with van der Waals surface area (Å²) in [5.41, 5.74) is 0.765. The summed E-state index contributed by atoms with van der Waals surface area (Å²) < 4.78 is 0. The Kier molecular flexibility index (Phi) is 4.68. The van der Waals surface area contributed by atoms with Crippen LogP contribution in [0.15, 0.2) is 30.3 Å². The van der Waals surface area contributed by atoms with Gasteiger partial charge in [0.1, 0.15) is 0 Å². The van der Waals surface area contributed by atoms with Gasteiger partial charge in [0.2, 0.25) is 0 Å². The van der Waals surface area contributed by atoms with E-state index in [9.17, 15) is 5.11 Å². The van der Waals surface area contributed by atoms with Crippen LogP contribution in [0.3, 0.4) is 0 Å². The molecule has 1 nitrogen and oxygen atoms in total. The monoisotopic (exact) mass is 224 g/mol. The van der Waals surface area contributed by atoms with E-state index in [1.807, 2.05) is 13.0 Å². The summed E-state index contributed by atoms with van der Waals surface area (Å²) >= 11 is 1.79. The molecule has 1 aromatic carbocycles. The van der Waals surface area contributed by atoms with Crippen molar-refractivity contribution in [2.24, 2.45) is 5.92 Å². The predicted octanol–water partition coefficient (Wildman–Crippen LogP) is 3.33. The van der Waals surface area contributed by atoms with Crippen LogP contribution in [0, 0.1) is 5.92 Å². The van der Waals surface area contributed by atoms with Crippen molar-refractivity contribution in [3.05, 3.63) is 35.9 Å². The number of rotatable bonds is 5. The first-order chi connectivity index (χ1) is 7.02. The summed E-state index contributed by atoms with van der Waals surface area (Å²) in [6.07, 6.45) is 0. The first-order valence-electron chi connectivity index (χ1n) is 5.36. The van der Waals surface area contributed by atoms with Gasteiger partial charge in [-0.3, -0.25) is 0 Å². The lowest BCUT2D eigenvalue weighted by molar-refractivity contribution is 0.0376. The van der Waals surface area contributed by atoms with Crippen LogP contribution < -0.4 is 0 Å². The van der Waals surface area contributed by atoms with Crippen LogP contribution in [-0.4, -0.2) is 16.5 Å². The number of hydrogen-bond acceptors (Lipinski definition) is 2. The molecule has 0 aliphatic carbocycles. The molecule has 1 aromatic rings. The fourth-order valence-electron chi connectivity index (χ4n) is 1.12. The topological polar surface area (TPSA) is 20.2 Å². The molecule has 0 saturated carbocycles. The van der Waals surface area contributed by atoms with Gasteiger partial charge in [-0.05, 0) is 18.4 Å². The second kappa shape index (κ2) is 5.57. The minimum absolute atomic E-state index is 0.306. The zero-order valence-corrected chi connectivity index (χ0v) is 10.6. The molecule has 0 radical (unpaired) electrons. The van der Waals surface area contributed by atoms with Gasteiger partial charge in [0.05, 0.1) is 5.60 Å². The zero-order chi connectivity index (χ0) is 11.3. The molecule has 1 rings (SSSR count). The van der Waals surface area contributed by atoms with Crippen molar-refractivity contribution >= 4 is 11.8 Å². The smallest absolute Gasteiger partial charge is 0.0732 e. The molecule has 0 bridgehead atoms. The van der Waals surface area contributed by atoms with Gasteiger partial charge in [-0.2, -0.15) is 11.8 Å². The average molecular weight is 224 g/mol. The standard InChI is InChI=1S/C13H20OS/c1-11(2)13(3,14)10-15-9-12-7-5-4-6-8-12/h4-8,11,14H,9-10H2,1-3H3. The molecule has 0 fully saturated rings. The minimum atomic E-state index is -0.556. The van der Waals surface area contributed by atoms with Crippen molar-refractivity contribution < 1.29 is 5.11 Å². The van der Waals surface area contributed by atoms with Crippen molar-refractivity contribution in [1.29, 1.82) is 0 Å². The van der Waals surface area contributed by atoms with Gasteiger partial charge >= 0.3 is 0 Å². The van der Waals surface area contributed by atoms with Gasteiger partial charge < -0.3 is 5.11 Å². The molecule has 15 heavy (non-hydrogen) atoms. The van der Waals surface area contributed by atoms with Crippen LogP contribution in [0.4, 0.5) is 0 Å². The molecule has 0 aliphatic rings. The van der Waals surface area contributed by atoms with Gasteiger partial charge in [0.15, 0.2) is 0 Å². The van der Waals surface area contributed by atoms with Crippen molar-refractivity contribution in [1.82, 2.24) is 0 Å². The molecule has 0 saturated heterocycles. The van der Waals surface area contributed by atoms with Crippen molar-refractivity contribution in [3.63, 3.8) is 0 Å². The fraction of sp³-hybridized carbons (Fsp3) is 0.538. The Bertz CT molecular complexity index is 280. The SMILES string of the molecule is CC(C)C(C)(O)CSCc1ccccc1. The third-order valence-corrected chi connectivity index (χ3v) is 4.08. The quantitative estimate of drug-likeness (QED) is 0.828. The van der Waals surface area contributed by atoms with E-state index in [1.165, 1.54) is 5.56 Å². The maximum atomic E-state index is 10.0. The maximum absolute atomic E-state index is 10.0. The molecule has 0 aliphatic heterocycles. The second-order valence-electron chi connectivity index (χ2n) is 4.49. The van der Waals surface area contributed by atoms with Crippen molar-refractivity contribution in [2.75, 3.05) is 5.75 Å². The first-order valence-corrected chi connectivity index (χ1v) is 6.52. The Morgan fingerprint density at radius 3 is 2.40 bits per heavy atom. The number of benzene rings is 1. The minimum Gasteiger partial charge on any atom is -0.389 e. The first kappa shape index (κ1) is 12.6. The van der Waals surface area contributed by atoms with E-state index in [0.717, 1.165) is 11.5 Å². The van der Waals surface area contributed by atoms with Crippen LogP contribution >= 0.6 is 11.8 Å². The predicted molar refractivity (Wildman–Crippen MR) is 68.1 cm³/mol. The summed E-state index contributed by atoms with van der Waals surface area (Å²) in [6.45, 7) is 6.03. The Hall–Kier alpha value is -0.470. The van der Waals surface area contributed by atoms with Crippen LogP contribution in [0.25, 0.3) is 0 Å². The van der Waals surface area contributed by atoms with Crippen LogP contribution in [0.5, 0.6) is 0 Å². The van der Waals surface area contributed by atoms with E-state index in [2.05, 4.69) is 38.1 Å². The molecule has 2 heteroatoms. The number of thioether (sulfide) groups is 1. The molecule has 1 atom stereocenters. The van der Waals surface area contributed by atoms with Gasteiger partial charge in [0.25, 0.3) is 0 Å². The summed E-state index contributed by atoms with van der Waals surface area (Å²) in [5, 5.41) is 10.0. The lowest BCUT2D eigenvalue weighted by Crippen LogP contribution is -2.33. The fourth-order valence-corrected chi connectivity index (χ4v) is 2.39. The third-order valence-electron chi connectivity index (χ3n) is 2.75. The molecule has 0 spiro atoms. The third kappa shape index (κ3) is 4.27. The summed E-state index contributed by atoms with van der Waals surface area (Å²) in [7, 11) is 0. The van der Waals surface area contributed by atoms with Crippen LogP contribution in [-0.2, 0) is 5.75 Å². The summed E-state index contributed by atoms with van der Waals surface area (Å²) in [5.74, 6) is 2.07. The Morgan fingerprint density at radius 1 is 1.27 bits per heavy atom. The zero-order valence-electron chi connectivity index (χ0n) is 9.73. The van der Waals surface area contributed by atoms with Crippen molar-refractivity contribution in [2.45, 2.75) is 32.1 Å². The highest BCUT2D eigenvalue weighted by atomic mass is 32.2. The normalized spacial score (nSPS) is 15.3. The Morgan fingerprint density at radius 2 is 1.87 bits per heavy atom. The molecule has 1 N–H and O–H groups in total. The molecular formula is C13H20OS. The molecule has 0 aromatic heterocycles. The summed E-state index contributed by atoms with van der Waals surface area (Å²) in [4.78, 5) is 0.